The van der Waals surface area contributed by atoms with Gasteiger partial charge in [0.1, 0.15) is 6.61 Å². The molecule has 3 aromatic carbocycles. The number of aryl methyl sites for hydroxylation is 2. The van der Waals surface area contributed by atoms with Crippen LogP contribution in [0.4, 0.5) is 13.2 Å². The Hall–Kier alpha value is -3.85. The third-order valence-electron chi connectivity index (χ3n) is 6.30. The molecule has 9 heteroatoms. The maximum Gasteiger partial charge on any atom is 0.416 e. The van der Waals surface area contributed by atoms with Crippen molar-refractivity contribution < 1.29 is 32.6 Å². The van der Waals surface area contributed by atoms with Gasteiger partial charge in [-0.15, -0.1) is 11.3 Å². The number of rotatable bonds is 10. The lowest BCUT2D eigenvalue weighted by molar-refractivity contribution is -0.211. The molecule has 0 aliphatic rings. The summed E-state index contributed by atoms with van der Waals surface area (Å²) in [5.74, 6) is -0.0302. The summed E-state index contributed by atoms with van der Waals surface area (Å²) in [5, 5.41) is 5.32. The predicted molar refractivity (Wildman–Crippen MR) is 151 cm³/mol. The lowest BCUT2D eigenvalue weighted by Gasteiger charge is -2.12. The van der Waals surface area contributed by atoms with Gasteiger partial charge in [-0.2, -0.15) is 13.2 Å². The van der Waals surface area contributed by atoms with E-state index in [9.17, 15) is 18.0 Å². The Bertz CT molecular complexity index is 1510. The Morgan fingerprint density at radius 3 is 2.42 bits per heavy atom. The molecule has 4 aromatic rings. The number of thiophene rings is 1. The fourth-order valence-electron chi connectivity index (χ4n) is 4.42. The highest BCUT2D eigenvalue weighted by Gasteiger charge is 2.31. The molecule has 0 spiro atoms. The summed E-state index contributed by atoms with van der Waals surface area (Å²) in [6.07, 6.45) is -3.32. The molecule has 0 radical (unpaired) electrons. The van der Waals surface area contributed by atoms with Crippen LogP contribution in [0.3, 0.4) is 0 Å². The highest BCUT2D eigenvalue weighted by molar-refractivity contribution is 7.19. The molecule has 5 nitrogen and oxygen atoms in total. The molecule has 0 saturated heterocycles. The second-order valence-electron chi connectivity index (χ2n) is 9.74. The van der Waals surface area contributed by atoms with Crippen LogP contribution in [0.1, 0.15) is 65.8 Å². The van der Waals surface area contributed by atoms with E-state index in [1.807, 2.05) is 57.2 Å². The number of hydrogen-bond donors (Lipinski definition) is 0. The minimum atomic E-state index is -4.39. The maximum absolute atomic E-state index is 13.4. The van der Waals surface area contributed by atoms with Gasteiger partial charge in [-0.25, -0.2) is 4.79 Å². The lowest BCUT2D eigenvalue weighted by atomic mass is 9.95. The first-order valence-corrected chi connectivity index (χ1v) is 13.7. The van der Waals surface area contributed by atoms with Gasteiger partial charge >= 0.3 is 12.1 Å². The van der Waals surface area contributed by atoms with Crippen molar-refractivity contribution in [2.24, 2.45) is 5.16 Å². The van der Waals surface area contributed by atoms with Gasteiger partial charge in [0.25, 0.3) is 0 Å². The first-order chi connectivity index (χ1) is 19.0. The van der Waals surface area contributed by atoms with Crippen LogP contribution in [0, 0.1) is 6.92 Å². The molecule has 210 valence electrons. The van der Waals surface area contributed by atoms with Gasteiger partial charge in [0.15, 0.2) is 5.75 Å². The minimum absolute atomic E-state index is 0.134. The number of nitrogens with zero attached hydrogens (tertiary/aromatic N) is 1. The fourth-order valence-corrected chi connectivity index (χ4v) is 5.82. The Labute approximate surface area is 235 Å². The van der Waals surface area contributed by atoms with Gasteiger partial charge in [-0.3, -0.25) is 9.78 Å². The second kappa shape index (κ2) is 12.6. The van der Waals surface area contributed by atoms with Crippen LogP contribution in [0.5, 0.6) is 5.75 Å². The van der Waals surface area contributed by atoms with Crippen molar-refractivity contribution in [2.75, 3.05) is 0 Å². The van der Waals surface area contributed by atoms with E-state index in [1.165, 1.54) is 24.3 Å². The quantitative estimate of drug-likeness (QED) is 0.109. The van der Waals surface area contributed by atoms with Gasteiger partial charge < -0.3 is 4.84 Å². The van der Waals surface area contributed by atoms with Crippen LogP contribution in [0.25, 0.3) is 10.1 Å². The summed E-state index contributed by atoms with van der Waals surface area (Å²) in [4.78, 5) is 27.6. The summed E-state index contributed by atoms with van der Waals surface area (Å²) in [7, 11) is 0. The molecule has 0 atom stereocenters. The number of carbonyl (C=O) groups excluding carboxylic acids is 1. The monoisotopic (exact) mass is 569 g/mol. The van der Waals surface area contributed by atoms with Crippen LogP contribution in [0.15, 0.2) is 71.9 Å². The average molecular weight is 570 g/mol. The zero-order chi connectivity index (χ0) is 28.9. The third-order valence-corrected chi connectivity index (χ3v) is 7.53. The molecule has 4 rings (SSSR count). The van der Waals surface area contributed by atoms with Crippen LogP contribution in [0.2, 0.25) is 0 Å². The van der Waals surface area contributed by atoms with Crippen molar-refractivity contribution >= 4 is 33.1 Å². The summed E-state index contributed by atoms with van der Waals surface area (Å²) in [6.45, 7) is 7.46. The van der Waals surface area contributed by atoms with Crippen molar-refractivity contribution in [1.29, 1.82) is 0 Å². The third kappa shape index (κ3) is 7.21. The van der Waals surface area contributed by atoms with E-state index < -0.39 is 17.7 Å². The largest absolute Gasteiger partial charge is 0.416 e. The summed E-state index contributed by atoms with van der Waals surface area (Å²) in [6, 6.07) is 19.0. The average Bonchev–Trinajstić information content (AvgIpc) is 3.28. The Morgan fingerprint density at radius 1 is 1.02 bits per heavy atom. The Kier molecular flexibility index (Phi) is 9.14. The SMILES string of the molecule is CC(=O)OOc1ccc(C(CCc2sc3cc(C(F)(F)F)ccc3c2C(C)C)=NOCc2ccccc2)cc1C. The van der Waals surface area contributed by atoms with E-state index >= 15 is 0 Å². The summed E-state index contributed by atoms with van der Waals surface area (Å²) in [5.41, 5.74) is 3.59. The molecule has 1 heterocycles. The number of fused-ring (bicyclic) bond motifs is 1. The molecular formula is C31H30F3NO4S. The summed E-state index contributed by atoms with van der Waals surface area (Å²) < 4.78 is 40.7. The predicted octanol–water partition coefficient (Wildman–Crippen LogP) is 8.76. The van der Waals surface area contributed by atoms with E-state index in [-0.39, 0.29) is 12.5 Å². The number of hydrogen-bond acceptors (Lipinski definition) is 6. The zero-order valence-corrected chi connectivity index (χ0v) is 23.5. The number of benzene rings is 3. The van der Waals surface area contributed by atoms with E-state index in [0.717, 1.165) is 38.6 Å². The Morgan fingerprint density at radius 2 is 1.77 bits per heavy atom. The van der Waals surface area contributed by atoms with Gasteiger partial charge in [0.05, 0.1) is 11.3 Å². The molecule has 0 aliphatic carbocycles. The van der Waals surface area contributed by atoms with E-state index in [1.54, 1.807) is 18.2 Å². The smallest absolute Gasteiger partial charge is 0.391 e. The van der Waals surface area contributed by atoms with Crippen molar-refractivity contribution in [1.82, 2.24) is 0 Å². The molecular weight excluding hydrogens is 539 g/mol. The first-order valence-electron chi connectivity index (χ1n) is 12.8. The van der Waals surface area contributed by atoms with Gasteiger partial charge in [-0.1, -0.05) is 55.4 Å². The van der Waals surface area contributed by atoms with Gasteiger partial charge in [0.2, 0.25) is 0 Å². The number of oxime groups is 1. The van der Waals surface area contributed by atoms with Crippen LogP contribution < -0.4 is 4.89 Å². The van der Waals surface area contributed by atoms with Crippen LogP contribution in [-0.2, 0) is 33.7 Å². The molecule has 0 aliphatic heterocycles. The lowest BCUT2D eigenvalue weighted by Crippen LogP contribution is -2.07. The number of halogens is 3. The van der Waals surface area contributed by atoms with Crippen LogP contribution >= 0.6 is 11.3 Å². The number of alkyl halides is 3. The highest BCUT2D eigenvalue weighted by atomic mass is 32.1. The molecule has 40 heavy (non-hydrogen) atoms. The maximum atomic E-state index is 13.4. The normalized spacial score (nSPS) is 12.2. The van der Waals surface area contributed by atoms with Gasteiger partial charge in [0, 0.05) is 16.5 Å². The summed E-state index contributed by atoms with van der Waals surface area (Å²) >= 11 is 1.39. The van der Waals surface area contributed by atoms with Crippen molar-refractivity contribution in [3.8, 4) is 5.75 Å². The Balaban J connectivity index is 1.63. The van der Waals surface area contributed by atoms with Crippen molar-refractivity contribution in [3.05, 3.63) is 99.4 Å². The standard InChI is InChI=1S/C31H30F3NO4S/c1-19(2)30-25-12-11-24(31(32,33)34)17-29(25)40-28(30)15-13-26(35-37-18-22-8-6-5-7-9-22)23-10-14-27(20(3)16-23)39-38-21(4)36/h5-12,14,16-17,19H,13,15,18H2,1-4H3. The molecule has 0 N–H and O–H groups in total. The molecule has 0 fully saturated rings. The van der Waals surface area contributed by atoms with Gasteiger partial charge in [-0.05, 0) is 83.7 Å². The minimum Gasteiger partial charge on any atom is -0.391 e. The zero-order valence-electron chi connectivity index (χ0n) is 22.7. The fraction of sp³-hybridized carbons (Fsp3) is 0.290. The molecule has 0 bridgehead atoms. The molecule has 1 aromatic heterocycles. The second-order valence-corrected chi connectivity index (χ2v) is 10.9. The van der Waals surface area contributed by atoms with E-state index in [0.29, 0.717) is 29.0 Å². The molecule has 0 saturated carbocycles. The number of carbonyl (C=O) groups is 1. The van der Waals surface area contributed by atoms with E-state index in [4.69, 9.17) is 9.73 Å². The van der Waals surface area contributed by atoms with Crippen LogP contribution in [-0.4, -0.2) is 11.7 Å². The van der Waals surface area contributed by atoms with E-state index in [2.05, 4.69) is 10.0 Å². The molecule has 0 amide bonds. The van der Waals surface area contributed by atoms with Crippen molar-refractivity contribution in [3.63, 3.8) is 0 Å². The highest BCUT2D eigenvalue weighted by Crippen LogP contribution is 2.40. The van der Waals surface area contributed by atoms with Crippen molar-refractivity contribution in [2.45, 2.75) is 59.2 Å². The first kappa shape index (κ1) is 29.1. The topological polar surface area (TPSA) is 57.1 Å². The molecule has 0 unspecified atom stereocenters.